The molecule has 0 aliphatic rings. The van der Waals surface area contributed by atoms with Crippen LogP contribution >= 0.6 is 0 Å². The highest BCUT2D eigenvalue weighted by molar-refractivity contribution is 7.89. The Morgan fingerprint density at radius 2 is 1.62 bits per heavy atom. The zero-order valence-corrected chi connectivity index (χ0v) is 9.99. The van der Waals surface area contributed by atoms with E-state index in [0.29, 0.717) is 0 Å². The fourth-order valence-electron chi connectivity index (χ4n) is 0.793. The molecule has 1 aromatic carbocycles. The molecule has 1 rings (SSSR count). The molecule has 0 aromatic heterocycles. The van der Waals surface area contributed by atoms with E-state index in [1.165, 1.54) is 12.1 Å². The molecule has 0 saturated carbocycles. The summed E-state index contributed by atoms with van der Waals surface area (Å²) in [6, 6.07) is 7.72. The van der Waals surface area contributed by atoms with Crippen molar-refractivity contribution in [3.05, 3.63) is 30.3 Å². The summed E-state index contributed by atoms with van der Waals surface area (Å²) in [4.78, 5) is 0. The summed E-state index contributed by atoms with van der Waals surface area (Å²) < 4.78 is 52.4. The van der Waals surface area contributed by atoms with Gasteiger partial charge in [-0.3, -0.25) is 4.18 Å². The normalized spacial score (nSPS) is 12.3. The zero-order valence-electron chi connectivity index (χ0n) is 8.36. The minimum Gasteiger partial charge on any atom is -0.381 e. The van der Waals surface area contributed by atoms with Gasteiger partial charge < -0.3 is 4.18 Å². The van der Waals surface area contributed by atoms with Crippen LogP contribution in [-0.4, -0.2) is 29.0 Å². The monoisotopic (exact) mass is 266 g/mol. The van der Waals surface area contributed by atoms with Gasteiger partial charge in [-0.05, 0) is 12.1 Å². The summed E-state index contributed by atoms with van der Waals surface area (Å²) >= 11 is 0. The molecule has 0 aliphatic carbocycles. The van der Waals surface area contributed by atoms with Crippen molar-refractivity contribution >= 4 is 20.2 Å². The van der Waals surface area contributed by atoms with Crippen LogP contribution in [-0.2, 0) is 24.4 Å². The first-order valence-electron chi connectivity index (χ1n) is 4.10. The van der Waals surface area contributed by atoms with Gasteiger partial charge in [0, 0.05) is 0 Å². The van der Waals surface area contributed by atoms with Gasteiger partial charge in [0.25, 0.3) is 10.1 Å². The lowest BCUT2D eigenvalue weighted by molar-refractivity contribution is 0.354. The Morgan fingerprint density at radius 3 is 2.12 bits per heavy atom. The van der Waals surface area contributed by atoms with Gasteiger partial charge in [-0.2, -0.15) is 16.8 Å². The Hall–Kier alpha value is -1.12. The molecular weight excluding hydrogens is 256 g/mol. The van der Waals surface area contributed by atoms with Crippen LogP contribution in [0, 0.1) is 0 Å². The largest absolute Gasteiger partial charge is 0.381 e. The standard InChI is InChI=1S/C8H10O6S2/c1-15(9,10)13-7-16(11,12)14-8-5-3-2-4-6-8/h2-6H,7H2,1H3. The molecule has 8 heteroatoms. The molecule has 0 atom stereocenters. The number of hydrogen-bond donors (Lipinski definition) is 0. The molecule has 0 unspecified atom stereocenters. The lowest BCUT2D eigenvalue weighted by Crippen LogP contribution is -2.18. The van der Waals surface area contributed by atoms with E-state index in [9.17, 15) is 16.8 Å². The second kappa shape index (κ2) is 4.81. The molecule has 0 bridgehead atoms. The lowest BCUT2D eigenvalue weighted by Gasteiger charge is -2.05. The average Bonchev–Trinajstić information content (AvgIpc) is 2.15. The van der Waals surface area contributed by atoms with Gasteiger partial charge >= 0.3 is 10.1 Å². The van der Waals surface area contributed by atoms with Crippen molar-refractivity contribution in [2.45, 2.75) is 0 Å². The number of para-hydroxylation sites is 1. The molecule has 0 radical (unpaired) electrons. The molecule has 90 valence electrons. The van der Waals surface area contributed by atoms with Gasteiger partial charge in [0.1, 0.15) is 5.75 Å². The summed E-state index contributed by atoms with van der Waals surface area (Å²) in [5, 5.41) is 0. The molecule has 0 N–H and O–H groups in total. The zero-order chi connectivity index (χ0) is 12.2. The van der Waals surface area contributed by atoms with Crippen LogP contribution in [0.2, 0.25) is 0 Å². The highest BCUT2D eigenvalue weighted by atomic mass is 32.2. The second-order valence-electron chi connectivity index (χ2n) is 2.89. The van der Waals surface area contributed by atoms with Crippen LogP contribution in [0.25, 0.3) is 0 Å². The van der Waals surface area contributed by atoms with Crippen LogP contribution in [0.4, 0.5) is 0 Å². The van der Waals surface area contributed by atoms with Gasteiger partial charge in [-0.15, -0.1) is 0 Å². The van der Waals surface area contributed by atoms with Crippen molar-refractivity contribution < 1.29 is 25.2 Å². The van der Waals surface area contributed by atoms with Gasteiger partial charge in [0.05, 0.1) is 6.26 Å². The summed E-state index contributed by atoms with van der Waals surface area (Å²) in [6.07, 6.45) is 0.755. The van der Waals surface area contributed by atoms with E-state index in [4.69, 9.17) is 0 Å². The van der Waals surface area contributed by atoms with Crippen LogP contribution in [0.5, 0.6) is 5.75 Å². The van der Waals surface area contributed by atoms with E-state index in [2.05, 4.69) is 8.37 Å². The highest BCUT2D eigenvalue weighted by Crippen LogP contribution is 2.12. The van der Waals surface area contributed by atoms with Crippen molar-refractivity contribution in [1.29, 1.82) is 0 Å². The van der Waals surface area contributed by atoms with E-state index >= 15 is 0 Å². The first kappa shape index (κ1) is 12.9. The SMILES string of the molecule is CS(=O)(=O)OCS(=O)(=O)Oc1ccccc1. The van der Waals surface area contributed by atoms with Crippen LogP contribution in [0.15, 0.2) is 30.3 Å². The molecule has 0 saturated heterocycles. The Balaban J connectivity index is 2.67. The molecule has 1 aromatic rings. The molecule has 0 spiro atoms. The van der Waals surface area contributed by atoms with Gasteiger partial charge in [-0.1, -0.05) is 18.2 Å². The van der Waals surface area contributed by atoms with Crippen molar-refractivity contribution in [1.82, 2.24) is 0 Å². The van der Waals surface area contributed by atoms with Crippen molar-refractivity contribution in [2.75, 3.05) is 12.2 Å². The molecular formula is C8H10O6S2. The van der Waals surface area contributed by atoms with Crippen molar-refractivity contribution in [3.8, 4) is 5.75 Å². The van der Waals surface area contributed by atoms with E-state index in [-0.39, 0.29) is 5.75 Å². The Labute approximate surface area is 94.1 Å². The first-order chi connectivity index (χ1) is 7.29. The van der Waals surface area contributed by atoms with Crippen LogP contribution < -0.4 is 4.18 Å². The number of hydrogen-bond acceptors (Lipinski definition) is 6. The minimum atomic E-state index is -4.07. The predicted molar refractivity (Wildman–Crippen MR) is 56.8 cm³/mol. The molecule has 16 heavy (non-hydrogen) atoms. The Morgan fingerprint density at radius 1 is 1.06 bits per heavy atom. The lowest BCUT2D eigenvalue weighted by atomic mass is 10.3. The summed E-state index contributed by atoms with van der Waals surface area (Å²) in [6.45, 7) is 0. The topological polar surface area (TPSA) is 86.7 Å². The quantitative estimate of drug-likeness (QED) is 0.714. The van der Waals surface area contributed by atoms with E-state index in [0.717, 1.165) is 6.26 Å². The highest BCUT2D eigenvalue weighted by Gasteiger charge is 2.16. The van der Waals surface area contributed by atoms with E-state index in [1.807, 2.05) is 0 Å². The smallest absolute Gasteiger partial charge is 0.335 e. The first-order valence-corrected chi connectivity index (χ1v) is 7.49. The Kier molecular flexibility index (Phi) is 3.89. The van der Waals surface area contributed by atoms with Gasteiger partial charge in [0.15, 0.2) is 0 Å². The van der Waals surface area contributed by atoms with E-state index < -0.39 is 26.2 Å². The van der Waals surface area contributed by atoms with Gasteiger partial charge in [-0.25, -0.2) is 0 Å². The number of benzene rings is 1. The van der Waals surface area contributed by atoms with Crippen molar-refractivity contribution in [2.24, 2.45) is 0 Å². The third kappa shape index (κ3) is 5.10. The molecule has 0 amide bonds. The Bertz CT molecular complexity index is 531. The molecule has 0 aliphatic heterocycles. The molecule has 0 heterocycles. The second-order valence-corrected chi connectivity index (χ2v) is 6.06. The number of rotatable bonds is 5. The fraction of sp³-hybridized carbons (Fsp3) is 0.250. The third-order valence-corrected chi connectivity index (χ3v) is 2.92. The summed E-state index contributed by atoms with van der Waals surface area (Å²) in [7, 11) is -7.88. The molecule has 0 fully saturated rings. The summed E-state index contributed by atoms with van der Waals surface area (Å²) in [5.41, 5.74) is 0. The van der Waals surface area contributed by atoms with E-state index in [1.54, 1.807) is 18.2 Å². The predicted octanol–water partition coefficient (Wildman–Crippen LogP) is 0.329. The minimum absolute atomic E-state index is 0.0969. The maximum atomic E-state index is 11.2. The van der Waals surface area contributed by atoms with Crippen molar-refractivity contribution in [3.63, 3.8) is 0 Å². The maximum Gasteiger partial charge on any atom is 0.335 e. The van der Waals surface area contributed by atoms with Crippen LogP contribution in [0.1, 0.15) is 0 Å². The third-order valence-electron chi connectivity index (χ3n) is 1.37. The van der Waals surface area contributed by atoms with Crippen LogP contribution in [0.3, 0.4) is 0 Å². The van der Waals surface area contributed by atoms with Gasteiger partial charge in [0.2, 0.25) is 5.94 Å². The average molecular weight is 266 g/mol. The molecule has 6 nitrogen and oxygen atoms in total. The maximum absolute atomic E-state index is 11.2. The fourth-order valence-corrected chi connectivity index (χ4v) is 2.42. The summed E-state index contributed by atoms with van der Waals surface area (Å²) in [5.74, 6) is -0.944.